The molecule has 6 nitrogen and oxygen atoms in total. The highest BCUT2D eigenvalue weighted by molar-refractivity contribution is 5.92. The van der Waals surface area contributed by atoms with E-state index in [-0.39, 0.29) is 5.91 Å². The summed E-state index contributed by atoms with van der Waals surface area (Å²) in [6, 6.07) is 11.5. The molecule has 0 saturated carbocycles. The van der Waals surface area contributed by atoms with Crippen LogP contribution < -0.4 is 15.4 Å². The smallest absolute Gasteiger partial charge is 0.221 e. The Morgan fingerprint density at radius 3 is 2.79 bits per heavy atom. The number of nitrogens with zero attached hydrogens (tertiary/aromatic N) is 2. The number of pyridine rings is 1. The van der Waals surface area contributed by atoms with Crippen molar-refractivity contribution in [3.8, 4) is 5.75 Å². The van der Waals surface area contributed by atoms with Gasteiger partial charge in [0.05, 0.1) is 30.7 Å². The zero-order valence-electron chi connectivity index (χ0n) is 14.0. The standard InChI is InChI=1S/C18H20N4O2/c1-12-5-4-6-18-21-14(11-22(12)18)10-19-17-9-15(24-3)7-8-16(17)20-13(2)23/h4-9,11,19H,10H2,1-3H3,(H,20,23). The van der Waals surface area contributed by atoms with E-state index in [1.165, 1.54) is 6.92 Å². The first-order valence-corrected chi connectivity index (χ1v) is 7.70. The number of benzene rings is 1. The molecule has 1 amide bonds. The second-order valence-corrected chi connectivity index (χ2v) is 5.57. The van der Waals surface area contributed by atoms with Gasteiger partial charge in [-0.25, -0.2) is 4.98 Å². The van der Waals surface area contributed by atoms with Gasteiger partial charge in [-0.1, -0.05) is 6.07 Å². The summed E-state index contributed by atoms with van der Waals surface area (Å²) in [5, 5.41) is 6.13. The molecule has 2 N–H and O–H groups in total. The Balaban J connectivity index is 1.84. The van der Waals surface area contributed by atoms with E-state index in [1.54, 1.807) is 7.11 Å². The maximum atomic E-state index is 11.4. The molecule has 2 aromatic heterocycles. The number of imidazole rings is 1. The Hall–Kier alpha value is -3.02. The van der Waals surface area contributed by atoms with E-state index in [2.05, 4.69) is 20.0 Å². The summed E-state index contributed by atoms with van der Waals surface area (Å²) in [4.78, 5) is 16.0. The molecule has 1 aromatic carbocycles. The van der Waals surface area contributed by atoms with Crippen molar-refractivity contribution in [1.82, 2.24) is 9.38 Å². The van der Waals surface area contributed by atoms with Crippen LogP contribution in [0.3, 0.4) is 0 Å². The Morgan fingerprint density at radius 2 is 2.08 bits per heavy atom. The molecule has 3 aromatic rings. The largest absolute Gasteiger partial charge is 0.497 e. The van der Waals surface area contributed by atoms with E-state index < -0.39 is 0 Å². The number of rotatable bonds is 5. The number of nitrogens with one attached hydrogen (secondary N) is 2. The summed E-state index contributed by atoms with van der Waals surface area (Å²) in [5.74, 6) is 0.601. The number of anilines is 2. The summed E-state index contributed by atoms with van der Waals surface area (Å²) >= 11 is 0. The lowest BCUT2D eigenvalue weighted by atomic mass is 10.2. The van der Waals surface area contributed by atoms with Gasteiger partial charge in [0.15, 0.2) is 0 Å². The van der Waals surface area contributed by atoms with Crippen molar-refractivity contribution < 1.29 is 9.53 Å². The predicted molar refractivity (Wildman–Crippen MR) is 94.6 cm³/mol. The Bertz CT molecular complexity index is 886. The van der Waals surface area contributed by atoms with Crippen LogP contribution in [0.2, 0.25) is 0 Å². The number of hydrogen-bond acceptors (Lipinski definition) is 4. The number of aryl methyl sites for hydroxylation is 1. The van der Waals surface area contributed by atoms with Crippen LogP contribution in [0.15, 0.2) is 42.6 Å². The highest BCUT2D eigenvalue weighted by Crippen LogP contribution is 2.27. The average molecular weight is 324 g/mol. The van der Waals surface area contributed by atoms with Gasteiger partial charge in [0.25, 0.3) is 0 Å². The highest BCUT2D eigenvalue weighted by Gasteiger charge is 2.08. The van der Waals surface area contributed by atoms with Gasteiger partial charge >= 0.3 is 0 Å². The van der Waals surface area contributed by atoms with Crippen LogP contribution in [0.25, 0.3) is 5.65 Å². The lowest BCUT2D eigenvalue weighted by Crippen LogP contribution is -2.09. The first-order chi connectivity index (χ1) is 11.6. The first-order valence-electron chi connectivity index (χ1n) is 7.70. The molecule has 0 unspecified atom stereocenters. The number of carbonyl (C=O) groups is 1. The molecule has 0 aliphatic heterocycles. The molecule has 124 valence electrons. The van der Waals surface area contributed by atoms with Gasteiger partial charge in [-0.15, -0.1) is 0 Å². The lowest BCUT2D eigenvalue weighted by molar-refractivity contribution is -0.114. The first kappa shape index (κ1) is 15.9. The molecule has 6 heteroatoms. The van der Waals surface area contributed by atoms with Crippen LogP contribution >= 0.6 is 0 Å². The number of ether oxygens (including phenoxy) is 1. The number of hydrogen-bond donors (Lipinski definition) is 2. The fourth-order valence-corrected chi connectivity index (χ4v) is 2.57. The van der Waals surface area contributed by atoms with Crippen LogP contribution in [-0.4, -0.2) is 22.4 Å². The second kappa shape index (κ2) is 6.62. The minimum Gasteiger partial charge on any atom is -0.497 e. The van der Waals surface area contributed by atoms with E-state index in [0.717, 1.165) is 28.5 Å². The maximum absolute atomic E-state index is 11.4. The third kappa shape index (κ3) is 3.32. The van der Waals surface area contributed by atoms with Crippen LogP contribution in [0.1, 0.15) is 18.3 Å². The van der Waals surface area contributed by atoms with Gasteiger partial charge in [-0.2, -0.15) is 0 Å². The maximum Gasteiger partial charge on any atom is 0.221 e. The van der Waals surface area contributed by atoms with Crippen LogP contribution in [0.5, 0.6) is 5.75 Å². The minimum absolute atomic E-state index is 0.119. The Labute approximate surface area is 140 Å². The van der Waals surface area contributed by atoms with Crippen LogP contribution in [-0.2, 0) is 11.3 Å². The molecule has 0 aliphatic carbocycles. The van der Waals surface area contributed by atoms with Crippen molar-refractivity contribution >= 4 is 22.9 Å². The van der Waals surface area contributed by atoms with Crippen molar-refractivity contribution in [3.63, 3.8) is 0 Å². The molecule has 0 bridgehead atoms. The van der Waals surface area contributed by atoms with E-state index in [1.807, 2.05) is 49.5 Å². The molecule has 0 aliphatic rings. The molecule has 3 rings (SSSR count). The lowest BCUT2D eigenvalue weighted by Gasteiger charge is -2.13. The zero-order chi connectivity index (χ0) is 17.1. The molecule has 0 saturated heterocycles. The molecule has 24 heavy (non-hydrogen) atoms. The number of amides is 1. The molecular weight excluding hydrogens is 304 g/mol. The number of carbonyl (C=O) groups excluding carboxylic acids is 1. The van der Waals surface area contributed by atoms with E-state index in [9.17, 15) is 4.79 Å². The number of fused-ring (bicyclic) bond motifs is 1. The fourth-order valence-electron chi connectivity index (χ4n) is 2.57. The molecule has 0 spiro atoms. The second-order valence-electron chi connectivity index (χ2n) is 5.57. The van der Waals surface area contributed by atoms with Gasteiger partial charge in [-0.05, 0) is 31.2 Å². The van der Waals surface area contributed by atoms with Crippen LogP contribution in [0, 0.1) is 6.92 Å². The van der Waals surface area contributed by atoms with E-state index in [0.29, 0.717) is 12.2 Å². The van der Waals surface area contributed by atoms with Crippen molar-refractivity contribution in [1.29, 1.82) is 0 Å². The summed E-state index contributed by atoms with van der Waals surface area (Å²) in [6.07, 6.45) is 2.01. The third-order valence-electron chi connectivity index (χ3n) is 3.74. The SMILES string of the molecule is COc1ccc(NC(C)=O)c(NCc2cn3c(C)cccc3n2)c1. The van der Waals surface area contributed by atoms with Gasteiger partial charge in [-0.3, -0.25) is 4.79 Å². The third-order valence-corrected chi connectivity index (χ3v) is 3.74. The highest BCUT2D eigenvalue weighted by atomic mass is 16.5. The Morgan fingerprint density at radius 1 is 1.25 bits per heavy atom. The minimum atomic E-state index is -0.119. The Kier molecular flexibility index (Phi) is 4.37. The fraction of sp³-hybridized carbons (Fsp3) is 0.222. The summed E-state index contributed by atoms with van der Waals surface area (Å²) in [7, 11) is 1.61. The van der Waals surface area contributed by atoms with Gasteiger partial charge in [0.2, 0.25) is 5.91 Å². The molecule has 0 radical (unpaired) electrons. The summed E-state index contributed by atoms with van der Waals surface area (Å²) in [6.45, 7) is 4.07. The van der Waals surface area contributed by atoms with Crippen molar-refractivity contribution in [2.45, 2.75) is 20.4 Å². The predicted octanol–water partition coefficient (Wildman–Crippen LogP) is 3.22. The molecule has 2 heterocycles. The zero-order valence-corrected chi connectivity index (χ0v) is 14.0. The van der Waals surface area contributed by atoms with E-state index in [4.69, 9.17) is 4.74 Å². The van der Waals surface area contributed by atoms with Crippen LogP contribution in [0.4, 0.5) is 11.4 Å². The molecule has 0 atom stereocenters. The number of aromatic nitrogens is 2. The van der Waals surface area contributed by atoms with Crippen molar-refractivity contribution in [2.75, 3.05) is 17.7 Å². The quantitative estimate of drug-likeness (QED) is 0.756. The van der Waals surface area contributed by atoms with Crippen molar-refractivity contribution in [3.05, 3.63) is 54.0 Å². The summed E-state index contributed by atoms with van der Waals surface area (Å²) in [5.41, 5.74) is 4.47. The van der Waals surface area contributed by atoms with Gasteiger partial charge in [0, 0.05) is 24.9 Å². The van der Waals surface area contributed by atoms with Crippen molar-refractivity contribution in [2.24, 2.45) is 0 Å². The van der Waals surface area contributed by atoms with Gasteiger partial charge in [0.1, 0.15) is 11.4 Å². The monoisotopic (exact) mass is 324 g/mol. The summed E-state index contributed by atoms with van der Waals surface area (Å²) < 4.78 is 7.31. The average Bonchev–Trinajstić information content (AvgIpc) is 2.98. The van der Waals surface area contributed by atoms with E-state index >= 15 is 0 Å². The number of methoxy groups -OCH3 is 1. The molecule has 0 fully saturated rings. The van der Waals surface area contributed by atoms with Gasteiger partial charge < -0.3 is 19.8 Å². The molecular formula is C18H20N4O2. The normalized spacial score (nSPS) is 10.6. The topological polar surface area (TPSA) is 67.7 Å².